The molecular weight excluding hydrogens is 462 g/mol. The maximum absolute atomic E-state index is 14.1. The fourth-order valence-corrected chi connectivity index (χ4v) is 4.80. The molecule has 0 atom stereocenters. The van der Waals surface area contributed by atoms with Gasteiger partial charge in [-0.2, -0.15) is 9.37 Å². The predicted molar refractivity (Wildman–Crippen MR) is 134 cm³/mol. The summed E-state index contributed by atoms with van der Waals surface area (Å²) >= 11 is 0. The molecule has 4 aromatic rings. The van der Waals surface area contributed by atoms with Crippen molar-refractivity contribution < 1.29 is 8.78 Å². The second kappa shape index (κ2) is 9.69. The van der Waals surface area contributed by atoms with Crippen LogP contribution in [0.4, 0.5) is 26.2 Å². The number of nitrogens with one attached hydrogen (secondary N) is 3. The Morgan fingerprint density at radius 2 is 1.78 bits per heavy atom. The Kier molecular flexibility index (Phi) is 6.10. The fraction of sp³-hybridized carbons (Fsp3) is 0.346. The molecule has 5 heterocycles. The van der Waals surface area contributed by atoms with Gasteiger partial charge >= 0.3 is 0 Å². The van der Waals surface area contributed by atoms with E-state index in [9.17, 15) is 8.78 Å². The molecule has 8 nitrogen and oxygen atoms in total. The third-order valence-electron chi connectivity index (χ3n) is 6.94. The SMILES string of the molecule is Fc1ccc(F)c(Nc2cc(-c3nc(NC4CCNCC4)c4c(C5CCC5)cncc4n3)ccn2)n1. The number of rotatable bonds is 6. The smallest absolute Gasteiger partial charge is 0.214 e. The number of halogens is 2. The lowest BCUT2D eigenvalue weighted by molar-refractivity contribution is 0.421. The van der Waals surface area contributed by atoms with Gasteiger partial charge in [-0.3, -0.25) is 4.98 Å². The van der Waals surface area contributed by atoms with Crippen LogP contribution >= 0.6 is 0 Å². The molecule has 0 radical (unpaired) electrons. The van der Waals surface area contributed by atoms with Crippen molar-refractivity contribution in [3.63, 3.8) is 0 Å². The summed E-state index contributed by atoms with van der Waals surface area (Å²) in [6, 6.07) is 5.79. The molecular formula is C26H26F2N8. The lowest BCUT2D eigenvalue weighted by Crippen LogP contribution is -2.35. The van der Waals surface area contributed by atoms with Crippen LogP contribution in [-0.4, -0.2) is 44.1 Å². The highest BCUT2D eigenvalue weighted by molar-refractivity contribution is 5.93. The minimum absolute atomic E-state index is 0.235. The fourth-order valence-electron chi connectivity index (χ4n) is 4.80. The highest BCUT2D eigenvalue weighted by Crippen LogP contribution is 2.41. The van der Waals surface area contributed by atoms with Gasteiger partial charge in [0.1, 0.15) is 11.6 Å². The molecule has 184 valence electrons. The van der Waals surface area contributed by atoms with Gasteiger partial charge in [0.2, 0.25) is 5.95 Å². The van der Waals surface area contributed by atoms with E-state index in [1.807, 2.05) is 6.20 Å². The molecule has 0 bridgehead atoms. The molecule has 3 N–H and O–H groups in total. The van der Waals surface area contributed by atoms with E-state index in [4.69, 9.17) is 9.97 Å². The molecule has 1 aliphatic heterocycles. The zero-order chi connectivity index (χ0) is 24.5. The van der Waals surface area contributed by atoms with Crippen LogP contribution in [0, 0.1) is 11.8 Å². The third kappa shape index (κ3) is 4.56. The predicted octanol–water partition coefficient (Wildman–Crippen LogP) is 4.94. The quantitative estimate of drug-likeness (QED) is 0.328. The number of nitrogens with zero attached hydrogens (tertiary/aromatic N) is 5. The van der Waals surface area contributed by atoms with Crippen LogP contribution in [0.25, 0.3) is 22.3 Å². The van der Waals surface area contributed by atoms with Crippen LogP contribution in [0.1, 0.15) is 43.6 Å². The first-order chi connectivity index (χ1) is 17.6. The number of aromatic nitrogens is 5. The molecule has 4 aromatic heterocycles. The molecule has 6 rings (SSSR count). The molecule has 2 aliphatic rings. The van der Waals surface area contributed by atoms with Crippen molar-refractivity contribution in [1.82, 2.24) is 30.2 Å². The summed E-state index contributed by atoms with van der Waals surface area (Å²) in [4.78, 5) is 22.1. The van der Waals surface area contributed by atoms with Gasteiger partial charge in [-0.05, 0) is 74.5 Å². The second-order valence-corrected chi connectivity index (χ2v) is 9.33. The van der Waals surface area contributed by atoms with Crippen LogP contribution in [-0.2, 0) is 0 Å². The summed E-state index contributed by atoms with van der Waals surface area (Å²) in [5.41, 5.74) is 2.67. The van der Waals surface area contributed by atoms with E-state index in [1.165, 1.54) is 12.0 Å². The topological polar surface area (TPSA) is 101 Å². The number of pyridine rings is 3. The molecule has 0 aromatic carbocycles. The Labute approximate surface area is 207 Å². The van der Waals surface area contributed by atoms with Crippen molar-refractivity contribution in [3.05, 3.63) is 60.2 Å². The average molecular weight is 489 g/mol. The highest BCUT2D eigenvalue weighted by atomic mass is 19.1. The Morgan fingerprint density at radius 1 is 0.917 bits per heavy atom. The van der Waals surface area contributed by atoms with E-state index in [-0.39, 0.29) is 5.82 Å². The molecule has 2 fully saturated rings. The number of fused-ring (bicyclic) bond motifs is 1. The maximum Gasteiger partial charge on any atom is 0.214 e. The maximum atomic E-state index is 14.1. The van der Waals surface area contributed by atoms with Crippen LogP contribution in [0.5, 0.6) is 0 Å². The molecule has 0 unspecified atom stereocenters. The summed E-state index contributed by atoms with van der Waals surface area (Å²) in [5, 5.41) is 10.9. The Hall–Kier alpha value is -3.79. The molecule has 36 heavy (non-hydrogen) atoms. The minimum Gasteiger partial charge on any atom is -0.367 e. The minimum atomic E-state index is -0.781. The summed E-state index contributed by atoms with van der Waals surface area (Å²) < 4.78 is 27.6. The first-order valence-electron chi connectivity index (χ1n) is 12.3. The summed E-state index contributed by atoms with van der Waals surface area (Å²) in [5.74, 6) is 0.420. The lowest BCUT2D eigenvalue weighted by Gasteiger charge is -2.29. The third-order valence-corrected chi connectivity index (χ3v) is 6.94. The zero-order valence-electron chi connectivity index (χ0n) is 19.6. The van der Waals surface area contributed by atoms with E-state index in [2.05, 4.69) is 30.9 Å². The molecule has 0 amide bonds. The van der Waals surface area contributed by atoms with Crippen LogP contribution < -0.4 is 16.0 Å². The van der Waals surface area contributed by atoms with Crippen LogP contribution in [0.15, 0.2) is 42.9 Å². The second-order valence-electron chi connectivity index (χ2n) is 9.33. The Balaban J connectivity index is 1.40. The van der Waals surface area contributed by atoms with E-state index in [0.29, 0.717) is 29.2 Å². The van der Waals surface area contributed by atoms with Gasteiger partial charge < -0.3 is 16.0 Å². The van der Waals surface area contributed by atoms with Crippen molar-refractivity contribution in [3.8, 4) is 11.4 Å². The number of hydrogen-bond acceptors (Lipinski definition) is 8. The largest absolute Gasteiger partial charge is 0.367 e. The normalized spacial score (nSPS) is 16.6. The number of piperidine rings is 1. The molecule has 1 aliphatic carbocycles. The monoisotopic (exact) mass is 488 g/mol. The molecule has 10 heteroatoms. The zero-order valence-corrected chi connectivity index (χ0v) is 19.6. The van der Waals surface area contributed by atoms with Crippen molar-refractivity contribution in [1.29, 1.82) is 0 Å². The van der Waals surface area contributed by atoms with E-state index in [1.54, 1.807) is 24.5 Å². The van der Waals surface area contributed by atoms with Gasteiger partial charge in [0, 0.05) is 29.4 Å². The van der Waals surface area contributed by atoms with Gasteiger partial charge in [-0.1, -0.05) is 6.42 Å². The Morgan fingerprint density at radius 3 is 2.58 bits per heavy atom. The lowest BCUT2D eigenvalue weighted by atomic mass is 9.79. The van der Waals surface area contributed by atoms with Crippen molar-refractivity contribution in [2.75, 3.05) is 23.7 Å². The summed E-state index contributed by atoms with van der Waals surface area (Å²) in [6.07, 6.45) is 10.9. The number of anilines is 3. The Bertz CT molecular complexity index is 1400. The van der Waals surface area contributed by atoms with Crippen LogP contribution in [0.2, 0.25) is 0 Å². The van der Waals surface area contributed by atoms with E-state index in [0.717, 1.165) is 67.6 Å². The van der Waals surface area contributed by atoms with Crippen molar-refractivity contribution >= 4 is 28.4 Å². The summed E-state index contributed by atoms with van der Waals surface area (Å²) in [7, 11) is 0. The summed E-state index contributed by atoms with van der Waals surface area (Å²) in [6.45, 7) is 1.93. The molecule has 1 saturated carbocycles. The highest BCUT2D eigenvalue weighted by Gasteiger charge is 2.25. The van der Waals surface area contributed by atoms with Crippen molar-refractivity contribution in [2.24, 2.45) is 0 Å². The average Bonchev–Trinajstić information content (AvgIpc) is 2.86. The van der Waals surface area contributed by atoms with Gasteiger partial charge in [-0.15, -0.1) is 0 Å². The standard InChI is InChI=1S/C26H26F2N8/c27-19-4-5-21(28)34-25(19)35-22-12-16(6-11-31-22)24-33-20-14-30-13-18(15-2-1-3-15)23(20)26(36-24)32-17-7-9-29-10-8-17/h4-6,11-15,17,29H,1-3,7-10H2,(H,31,34,35)(H,32,33,36). The van der Waals surface area contributed by atoms with Crippen molar-refractivity contribution in [2.45, 2.75) is 44.1 Å². The first-order valence-corrected chi connectivity index (χ1v) is 12.3. The van der Waals surface area contributed by atoms with Crippen LogP contribution in [0.3, 0.4) is 0 Å². The number of hydrogen-bond donors (Lipinski definition) is 3. The van der Waals surface area contributed by atoms with Gasteiger partial charge in [0.25, 0.3) is 0 Å². The van der Waals surface area contributed by atoms with E-state index < -0.39 is 11.8 Å². The van der Waals surface area contributed by atoms with E-state index >= 15 is 0 Å². The molecule has 0 spiro atoms. The van der Waals surface area contributed by atoms with Gasteiger partial charge in [0.15, 0.2) is 17.5 Å². The molecule has 1 saturated heterocycles. The van der Waals surface area contributed by atoms with Gasteiger partial charge in [0.05, 0.1) is 11.7 Å². The van der Waals surface area contributed by atoms with Gasteiger partial charge in [-0.25, -0.2) is 19.3 Å². The first kappa shape index (κ1) is 22.7.